The average molecular weight is 332 g/mol. The second-order valence-electron chi connectivity index (χ2n) is 3.34. The first-order chi connectivity index (χ1) is 7.65. The number of hydrogen-bond donors (Lipinski definition) is 0. The molecule has 0 aromatic heterocycles. The van der Waals surface area contributed by atoms with Gasteiger partial charge in [-0.15, -0.1) is 0 Å². The summed E-state index contributed by atoms with van der Waals surface area (Å²) >= 11 is 1.71. The molecule has 0 fully saturated rings. The number of benzene rings is 1. The van der Waals surface area contributed by atoms with Crippen LogP contribution in [0.3, 0.4) is 0 Å². The lowest BCUT2D eigenvalue weighted by Gasteiger charge is -2.03. The van der Waals surface area contributed by atoms with Crippen molar-refractivity contribution in [1.82, 2.24) is 0 Å². The Morgan fingerprint density at radius 3 is 2.25 bits per heavy atom. The Hall–Kier alpha value is -0.910. The van der Waals surface area contributed by atoms with Crippen molar-refractivity contribution in [3.05, 3.63) is 35.4 Å². The zero-order valence-electron chi connectivity index (χ0n) is 9.03. The first kappa shape index (κ1) is 13.2. The summed E-state index contributed by atoms with van der Waals surface area (Å²) in [5.74, 6) is -0.332. The number of ether oxygens (including phenoxy) is 1. The highest BCUT2D eigenvalue weighted by atomic mass is 127. The topological polar surface area (TPSA) is 43.4 Å². The van der Waals surface area contributed by atoms with Crippen LogP contribution in [0.2, 0.25) is 0 Å². The molecule has 0 bridgehead atoms. The molecule has 1 rings (SSSR count). The molecular weight excluding hydrogens is 319 g/mol. The van der Waals surface area contributed by atoms with Gasteiger partial charge >= 0.3 is 5.97 Å². The first-order valence-corrected chi connectivity index (χ1v) is 6.20. The minimum absolute atomic E-state index is 0.0384. The van der Waals surface area contributed by atoms with Gasteiger partial charge in [0.05, 0.1) is 12.2 Å². The summed E-state index contributed by atoms with van der Waals surface area (Å²) in [6, 6.07) is 6.48. The fourth-order valence-corrected chi connectivity index (χ4v) is 1.49. The van der Waals surface area contributed by atoms with E-state index in [2.05, 4.69) is 0 Å². The first-order valence-electron chi connectivity index (χ1n) is 5.12. The van der Waals surface area contributed by atoms with Crippen molar-refractivity contribution < 1.29 is 14.3 Å². The molecule has 86 valence electrons. The van der Waals surface area contributed by atoms with Gasteiger partial charge in [-0.2, -0.15) is 0 Å². The Labute approximate surface area is 108 Å². The van der Waals surface area contributed by atoms with Crippen LogP contribution in [0.15, 0.2) is 24.3 Å². The quantitative estimate of drug-likeness (QED) is 0.360. The molecule has 1 aromatic carbocycles. The third-order valence-corrected chi connectivity index (χ3v) is 2.70. The van der Waals surface area contributed by atoms with Crippen LogP contribution in [-0.2, 0) is 4.74 Å². The lowest BCUT2D eigenvalue weighted by atomic mass is 10.1. The molecule has 0 unspecified atom stereocenters. The fourth-order valence-electron chi connectivity index (χ4n) is 1.13. The maximum absolute atomic E-state index is 11.5. The molecule has 0 saturated carbocycles. The van der Waals surface area contributed by atoms with E-state index in [1.165, 1.54) is 0 Å². The van der Waals surface area contributed by atoms with Crippen molar-refractivity contribution in [2.24, 2.45) is 0 Å². The van der Waals surface area contributed by atoms with Gasteiger partial charge in [0.2, 0.25) is 3.79 Å². The number of esters is 1. The standard InChI is InChI=1S/C12H13IO3/c1-2-3-8-16-12(15)10-6-4-9(5-7-10)11(13)14/h4-7H,2-3,8H2,1H3. The summed E-state index contributed by atoms with van der Waals surface area (Å²) in [5.41, 5.74) is 1.07. The van der Waals surface area contributed by atoms with Gasteiger partial charge in [0.1, 0.15) is 0 Å². The monoisotopic (exact) mass is 332 g/mol. The second-order valence-corrected chi connectivity index (χ2v) is 4.32. The van der Waals surface area contributed by atoms with Crippen molar-refractivity contribution in [2.45, 2.75) is 19.8 Å². The van der Waals surface area contributed by atoms with E-state index in [9.17, 15) is 9.59 Å². The third kappa shape index (κ3) is 3.92. The van der Waals surface area contributed by atoms with Crippen LogP contribution in [0, 0.1) is 0 Å². The van der Waals surface area contributed by atoms with Gasteiger partial charge in [0.25, 0.3) is 0 Å². The lowest BCUT2D eigenvalue weighted by Crippen LogP contribution is -2.06. The molecule has 0 amide bonds. The Morgan fingerprint density at radius 1 is 1.19 bits per heavy atom. The molecule has 0 radical (unpaired) electrons. The lowest BCUT2D eigenvalue weighted by molar-refractivity contribution is 0.0499. The maximum Gasteiger partial charge on any atom is 0.338 e. The molecule has 0 heterocycles. The Balaban J connectivity index is 2.59. The average Bonchev–Trinajstić information content (AvgIpc) is 2.29. The number of halogens is 1. The van der Waals surface area contributed by atoms with Gasteiger partial charge in [-0.05, 0) is 30.7 Å². The molecule has 4 heteroatoms. The van der Waals surface area contributed by atoms with Crippen molar-refractivity contribution in [3.8, 4) is 0 Å². The van der Waals surface area contributed by atoms with E-state index >= 15 is 0 Å². The second kappa shape index (κ2) is 6.62. The summed E-state index contributed by atoms with van der Waals surface area (Å²) in [4.78, 5) is 22.5. The van der Waals surface area contributed by atoms with Crippen LogP contribution in [0.5, 0.6) is 0 Å². The molecular formula is C12H13IO3. The third-order valence-electron chi connectivity index (χ3n) is 2.08. The predicted octanol–water partition coefficient (Wildman–Crippen LogP) is 3.22. The fraction of sp³-hybridized carbons (Fsp3) is 0.333. The van der Waals surface area contributed by atoms with E-state index in [4.69, 9.17) is 4.74 Å². The Bertz CT molecular complexity index is 370. The highest BCUT2D eigenvalue weighted by molar-refractivity contribution is 14.1. The molecule has 0 saturated heterocycles. The molecule has 0 aliphatic heterocycles. The number of hydrogen-bond acceptors (Lipinski definition) is 3. The van der Waals surface area contributed by atoms with Gasteiger partial charge in [-0.3, -0.25) is 4.79 Å². The van der Waals surface area contributed by atoms with E-state index in [0.717, 1.165) is 12.8 Å². The zero-order valence-corrected chi connectivity index (χ0v) is 11.2. The van der Waals surface area contributed by atoms with Gasteiger partial charge in [-0.25, -0.2) is 4.79 Å². The summed E-state index contributed by atoms with van der Waals surface area (Å²) < 4.78 is 5.00. The SMILES string of the molecule is CCCCOC(=O)c1ccc(C(=O)I)cc1. The highest BCUT2D eigenvalue weighted by Gasteiger charge is 2.07. The van der Waals surface area contributed by atoms with Crippen LogP contribution in [0.25, 0.3) is 0 Å². The molecule has 0 aliphatic carbocycles. The van der Waals surface area contributed by atoms with Crippen LogP contribution in [-0.4, -0.2) is 16.4 Å². The molecule has 0 spiro atoms. The van der Waals surface area contributed by atoms with Crippen LogP contribution < -0.4 is 0 Å². The zero-order chi connectivity index (χ0) is 12.0. The van der Waals surface area contributed by atoms with Crippen molar-refractivity contribution in [1.29, 1.82) is 0 Å². The van der Waals surface area contributed by atoms with Gasteiger partial charge in [0.15, 0.2) is 0 Å². The van der Waals surface area contributed by atoms with Crippen molar-refractivity contribution in [3.63, 3.8) is 0 Å². The normalized spacial score (nSPS) is 9.88. The van der Waals surface area contributed by atoms with E-state index in [-0.39, 0.29) is 9.76 Å². The number of unbranched alkanes of at least 4 members (excludes halogenated alkanes) is 1. The summed E-state index contributed by atoms with van der Waals surface area (Å²) in [6.07, 6.45) is 1.87. The highest BCUT2D eigenvalue weighted by Crippen LogP contribution is 2.09. The minimum Gasteiger partial charge on any atom is -0.462 e. The van der Waals surface area contributed by atoms with Crippen LogP contribution in [0.4, 0.5) is 0 Å². The molecule has 1 aromatic rings. The van der Waals surface area contributed by atoms with Crippen molar-refractivity contribution in [2.75, 3.05) is 6.61 Å². The predicted molar refractivity (Wildman–Crippen MR) is 70.0 cm³/mol. The summed E-state index contributed by atoms with van der Waals surface area (Å²) in [5, 5.41) is 0. The number of carbonyl (C=O) groups excluding carboxylic acids is 2. The maximum atomic E-state index is 11.5. The summed E-state index contributed by atoms with van der Waals surface area (Å²) in [6.45, 7) is 2.48. The van der Waals surface area contributed by atoms with Crippen molar-refractivity contribution >= 4 is 32.4 Å². The molecule has 0 aliphatic rings. The molecule has 0 N–H and O–H groups in total. The van der Waals surface area contributed by atoms with Gasteiger partial charge < -0.3 is 4.74 Å². The number of carbonyl (C=O) groups is 2. The van der Waals surface area contributed by atoms with E-state index in [0.29, 0.717) is 17.7 Å². The molecule has 3 nitrogen and oxygen atoms in total. The van der Waals surface area contributed by atoms with E-state index in [1.54, 1.807) is 46.9 Å². The largest absolute Gasteiger partial charge is 0.462 e. The molecule has 0 atom stereocenters. The van der Waals surface area contributed by atoms with Crippen LogP contribution >= 0.6 is 22.6 Å². The number of rotatable bonds is 5. The van der Waals surface area contributed by atoms with E-state index < -0.39 is 0 Å². The Morgan fingerprint density at radius 2 is 1.75 bits per heavy atom. The smallest absolute Gasteiger partial charge is 0.338 e. The molecule has 16 heavy (non-hydrogen) atoms. The van der Waals surface area contributed by atoms with E-state index in [1.807, 2.05) is 6.92 Å². The van der Waals surface area contributed by atoms with Gasteiger partial charge in [0, 0.05) is 28.2 Å². The van der Waals surface area contributed by atoms with Gasteiger partial charge in [-0.1, -0.05) is 13.3 Å². The summed E-state index contributed by atoms with van der Waals surface area (Å²) in [7, 11) is 0. The Kier molecular flexibility index (Phi) is 5.45. The minimum atomic E-state index is -0.332. The van der Waals surface area contributed by atoms with Crippen LogP contribution in [0.1, 0.15) is 40.5 Å².